The second-order valence-corrected chi connectivity index (χ2v) is 10.8. The van der Waals surface area contributed by atoms with E-state index in [0.717, 1.165) is 5.56 Å². The Morgan fingerprint density at radius 1 is 0.787 bits per heavy atom. The molecule has 5 atom stereocenters. The van der Waals surface area contributed by atoms with E-state index in [1.807, 2.05) is 15.5 Å². The van der Waals surface area contributed by atoms with Crippen molar-refractivity contribution in [3.05, 3.63) is 54.1 Å². The van der Waals surface area contributed by atoms with E-state index in [9.17, 15) is 28.8 Å². The number of nitrogens with zero attached hydrogens (tertiary/aromatic N) is 1. The average molecular weight is 693 g/mol. The number of H-pyrrole nitrogens is 1. The lowest BCUT2D eigenvalue weighted by molar-refractivity contribution is -0.133. The maximum absolute atomic E-state index is 13.6. The van der Waals surface area contributed by atoms with Gasteiger partial charge >= 0.3 is 0 Å². The Balaban J connectivity index is 2.10. The molecule has 0 fully saturated rings. The number of hydrogen-bond acceptors (Lipinski definition) is 9. The van der Waals surface area contributed by atoms with Gasteiger partial charge in [-0.05, 0) is 27.8 Å². The standard InChI is InChI=1S/C27H42N12O6P2/c28-27(29)31-8-4-7-18(24(43)34-13-22(41)32-12-21(40)33-14-23(42)39-47)36-25(44)19(9-16-5-2-1-3-6-16)37-26(45)20(38-46)10-17-11-30-15-35-17/h1-3,5-6,11,15,18-20,38H,4,7-10,12-14,46-47H2,(H,30,35)(H,32,41)(H,33,40)(H,34,43)(H,36,44)(H,37,45)(H,39,42)(H4,28,29,31)/t18-,19+,20-/m0/s1. The second kappa shape index (κ2) is 21.2. The number of aromatic amines is 1. The maximum Gasteiger partial charge on any atom is 0.243 e. The first-order valence-electron chi connectivity index (χ1n) is 14.5. The first-order chi connectivity index (χ1) is 22.5. The molecule has 0 spiro atoms. The van der Waals surface area contributed by atoms with E-state index in [1.54, 1.807) is 30.5 Å². The third kappa shape index (κ3) is 15.5. The van der Waals surface area contributed by atoms with Gasteiger partial charge < -0.3 is 47.7 Å². The van der Waals surface area contributed by atoms with Gasteiger partial charge in [0.1, 0.15) is 12.1 Å². The maximum atomic E-state index is 13.6. The molecular formula is C27H42N12O6P2. The first kappa shape index (κ1) is 38.5. The summed E-state index contributed by atoms with van der Waals surface area (Å²) in [6.07, 6.45) is 3.87. The van der Waals surface area contributed by atoms with Crippen molar-refractivity contribution in [2.24, 2.45) is 5.73 Å². The molecular weight excluding hydrogens is 650 g/mol. The molecule has 12 N–H and O–H groups in total. The van der Waals surface area contributed by atoms with Gasteiger partial charge in [-0.25, -0.2) is 4.98 Å². The Kier molecular flexibility index (Phi) is 17.4. The van der Waals surface area contributed by atoms with Crippen LogP contribution in [0.2, 0.25) is 0 Å². The number of nitrogens with two attached hydrogens (primary N) is 1. The molecule has 0 bridgehead atoms. The van der Waals surface area contributed by atoms with E-state index in [2.05, 4.69) is 61.4 Å². The summed E-state index contributed by atoms with van der Waals surface area (Å²) in [5.74, 6) is -3.80. The molecule has 47 heavy (non-hydrogen) atoms. The number of amides is 6. The van der Waals surface area contributed by atoms with E-state index in [0.29, 0.717) is 12.1 Å². The van der Waals surface area contributed by atoms with Gasteiger partial charge in [0, 0.05) is 31.3 Å². The van der Waals surface area contributed by atoms with Gasteiger partial charge in [0.2, 0.25) is 35.4 Å². The fourth-order valence-electron chi connectivity index (χ4n) is 4.07. The summed E-state index contributed by atoms with van der Waals surface area (Å²) in [6.45, 7) is -0.976. The number of rotatable bonds is 20. The second-order valence-electron chi connectivity index (χ2n) is 10.1. The van der Waals surface area contributed by atoms with Crippen LogP contribution in [0, 0.1) is 5.41 Å². The normalized spacial score (nSPS) is 12.4. The van der Waals surface area contributed by atoms with Gasteiger partial charge in [-0.1, -0.05) is 39.7 Å². The fourth-order valence-corrected chi connectivity index (χ4v) is 4.44. The van der Waals surface area contributed by atoms with E-state index in [-0.39, 0.29) is 38.3 Å². The van der Waals surface area contributed by atoms with Crippen LogP contribution >= 0.6 is 18.8 Å². The highest BCUT2D eigenvalue weighted by molar-refractivity contribution is 7.15. The lowest BCUT2D eigenvalue weighted by Gasteiger charge is -2.25. The largest absolute Gasteiger partial charge is 0.370 e. The fraction of sp³-hybridized carbons (Fsp3) is 0.407. The van der Waals surface area contributed by atoms with Gasteiger partial charge in [0.05, 0.1) is 32.0 Å². The Labute approximate surface area is 276 Å². The van der Waals surface area contributed by atoms with Crippen molar-refractivity contribution in [3.8, 4) is 0 Å². The van der Waals surface area contributed by atoms with Gasteiger partial charge in [0.15, 0.2) is 5.96 Å². The summed E-state index contributed by atoms with van der Waals surface area (Å²) >= 11 is 0. The molecule has 18 nitrogen and oxygen atoms in total. The van der Waals surface area contributed by atoms with Crippen molar-refractivity contribution in [1.82, 2.24) is 52.0 Å². The first-order valence-corrected chi connectivity index (χ1v) is 15.6. The van der Waals surface area contributed by atoms with Crippen LogP contribution in [0.1, 0.15) is 24.1 Å². The molecule has 6 amide bonds. The minimum Gasteiger partial charge on any atom is -0.370 e. The Bertz CT molecular complexity index is 1350. The van der Waals surface area contributed by atoms with Gasteiger partial charge in [-0.3, -0.25) is 39.3 Å². The molecule has 2 aromatic rings. The number of hydrogen-bond donors (Lipinski definition) is 11. The van der Waals surface area contributed by atoms with Crippen LogP contribution in [-0.2, 0) is 41.6 Å². The Morgan fingerprint density at radius 2 is 1.40 bits per heavy atom. The van der Waals surface area contributed by atoms with Crippen LogP contribution in [0.3, 0.4) is 0 Å². The zero-order chi connectivity index (χ0) is 34.6. The molecule has 0 saturated carbocycles. The van der Waals surface area contributed by atoms with E-state index < -0.39 is 66.7 Å². The minimum absolute atomic E-state index is 0.0985. The number of imidazole rings is 1. The van der Waals surface area contributed by atoms with Crippen LogP contribution in [0.4, 0.5) is 0 Å². The topological polar surface area (TPSA) is 277 Å². The summed E-state index contributed by atoms with van der Waals surface area (Å²) in [5, 5.41) is 27.6. The zero-order valence-electron chi connectivity index (χ0n) is 25.6. The van der Waals surface area contributed by atoms with Crippen LogP contribution in [0.5, 0.6) is 0 Å². The highest BCUT2D eigenvalue weighted by atomic mass is 31.0. The summed E-state index contributed by atoms with van der Waals surface area (Å²) in [6, 6.07) is 6.08. The summed E-state index contributed by atoms with van der Waals surface area (Å²) in [4.78, 5) is 82.3. The van der Waals surface area contributed by atoms with E-state index in [1.165, 1.54) is 6.33 Å². The monoisotopic (exact) mass is 692 g/mol. The molecule has 0 aliphatic carbocycles. The molecule has 1 aromatic heterocycles. The number of guanidine groups is 1. The average Bonchev–Trinajstić information content (AvgIpc) is 3.58. The number of carbonyl (C=O) groups excluding carboxylic acids is 6. The van der Waals surface area contributed by atoms with Crippen molar-refractivity contribution in [1.29, 1.82) is 5.41 Å². The number of benzene rings is 1. The van der Waals surface area contributed by atoms with Crippen LogP contribution in [0.15, 0.2) is 42.9 Å². The molecule has 0 radical (unpaired) electrons. The Morgan fingerprint density at radius 3 is 2.00 bits per heavy atom. The van der Waals surface area contributed by atoms with Crippen molar-refractivity contribution < 1.29 is 28.8 Å². The molecule has 256 valence electrons. The third-order valence-corrected chi connectivity index (χ3v) is 7.23. The molecule has 0 aliphatic rings. The minimum atomic E-state index is -1.13. The van der Waals surface area contributed by atoms with Crippen molar-refractivity contribution in [2.45, 2.75) is 43.8 Å². The van der Waals surface area contributed by atoms with E-state index in [4.69, 9.17) is 11.1 Å². The van der Waals surface area contributed by atoms with Gasteiger partial charge in [-0.15, -0.1) is 0 Å². The predicted octanol–water partition coefficient (Wildman–Crippen LogP) is -3.57. The van der Waals surface area contributed by atoms with Crippen LogP contribution < -0.4 is 47.8 Å². The molecule has 20 heteroatoms. The third-order valence-electron chi connectivity index (χ3n) is 6.51. The zero-order valence-corrected chi connectivity index (χ0v) is 27.9. The summed E-state index contributed by atoms with van der Waals surface area (Å²) < 4.78 is 0. The van der Waals surface area contributed by atoms with Crippen molar-refractivity contribution >= 4 is 60.2 Å². The molecule has 2 unspecified atom stereocenters. The predicted molar refractivity (Wildman–Crippen MR) is 179 cm³/mol. The number of nitrogens with one attached hydrogen (secondary N) is 10. The van der Waals surface area contributed by atoms with Crippen molar-refractivity contribution in [3.63, 3.8) is 0 Å². The molecule has 2 rings (SSSR count). The lowest BCUT2D eigenvalue weighted by atomic mass is 10.0. The van der Waals surface area contributed by atoms with Crippen LogP contribution in [0.25, 0.3) is 0 Å². The lowest BCUT2D eigenvalue weighted by Crippen LogP contribution is -2.57. The van der Waals surface area contributed by atoms with Gasteiger partial charge in [0.25, 0.3) is 0 Å². The Hall–Kier alpha value is -4.66. The summed E-state index contributed by atoms with van der Waals surface area (Å²) in [7, 11) is 4.29. The number of carbonyl (C=O) groups is 6. The molecule has 1 heterocycles. The highest BCUT2D eigenvalue weighted by Crippen LogP contribution is 2.08. The smallest absolute Gasteiger partial charge is 0.243 e. The summed E-state index contributed by atoms with van der Waals surface area (Å²) in [5.41, 5.74) is 6.80. The highest BCUT2D eigenvalue weighted by Gasteiger charge is 2.29. The molecule has 0 saturated heterocycles. The van der Waals surface area contributed by atoms with Crippen molar-refractivity contribution in [2.75, 3.05) is 26.2 Å². The molecule has 0 aliphatic heterocycles. The van der Waals surface area contributed by atoms with Gasteiger partial charge in [-0.2, -0.15) is 0 Å². The quantitative estimate of drug-likeness (QED) is 0.0281. The number of aromatic nitrogens is 2. The van der Waals surface area contributed by atoms with Crippen LogP contribution in [-0.4, -0.2) is 95.7 Å². The molecule has 1 aromatic carbocycles. The van der Waals surface area contributed by atoms with E-state index >= 15 is 0 Å². The SMILES string of the molecule is N=C(N)NCCC[C@H](NC(=O)[C@@H](Cc1ccccc1)NC(=O)[C@H](Cc1cnc[nH]1)NP)C(=O)NCC(=O)NCC(=O)NCC(=O)NP.